The van der Waals surface area contributed by atoms with E-state index in [4.69, 9.17) is 4.98 Å². The maximum atomic E-state index is 4.73. The van der Waals surface area contributed by atoms with Crippen molar-refractivity contribution in [1.29, 1.82) is 0 Å². The van der Waals surface area contributed by atoms with E-state index in [2.05, 4.69) is 27.2 Å². The second-order valence-electron chi connectivity index (χ2n) is 5.46. The molecular formula is C15H22N6. The monoisotopic (exact) mass is 286 g/mol. The molecule has 3 rings (SSSR count). The van der Waals surface area contributed by atoms with Crippen molar-refractivity contribution in [3.8, 4) is 11.3 Å². The molecule has 1 N–H and O–H groups in total. The molecule has 0 aliphatic carbocycles. The van der Waals surface area contributed by atoms with Gasteiger partial charge in [-0.1, -0.05) is 6.92 Å². The summed E-state index contributed by atoms with van der Waals surface area (Å²) in [6.45, 7) is 5.16. The summed E-state index contributed by atoms with van der Waals surface area (Å²) < 4.78 is 1.80. The van der Waals surface area contributed by atoms with Crippen LogP contribution in [0.2, 0.25) is 0 Å². The third-order valence-corrected chi connectivity index (χ3v) is 3.66. The van der Waals surface area contributed by atoms with Crippen LogP contribution in [-0.4, -0.2) is 39.4 Å². The first kappa shape index (κ1) is 13.9. The third kappa shape index (κ3) is 3.15. The molecule has 0 bridgehead atoms. The molecule has 6 nitrogen and oxygen atoms in total. The molecule has 3 heterocycles. The largest absolute Gasteiger partial charge is 0.370 e. The van der Waals surface area contributed by atoms with Crippen molar-refractivity contribution in [2.75, 3.05) is 29.9 Å². The van der Waals surface area contributed by atoms with Crippen LogP contribution in [0.4, 0.5) is 11.8 Å². The zero-order valence-electron chi connectivity index (χ0n) is 12.7. The van der Waals surface area contributed by atoms with Crippen molar-refractivity contribution in [2.24, 2.45) is 7.05 Å². The van der Waals surface area contributed by atoms with Gasteiger partial charge in [0.15, 0.2) is 0 Å². The van der Waals surface area contributed by atoms with Gasteiger partial charge in [0.25, 0.3) is 0 Å². The number of anilines is 2. The van der Waals surface area contributed by atoms with Gasteiger partial charge in [0, 0.05) is 44.5 Å². The van der Waals surface area contributed by atoms with Gasteiger partial charge in [-0.3, -0.25) is 4.68 Å². The van der Waals surface area contributed by atoms with Crippen molar-refractivity contribution >= 4 is 11.8 Å². The Hall–Kier alpha value is -2.11. The van der Waals surface area contributed by atoms with E-state index in [0.717, 1.165) is 49.1 Å². The maximum Gasteiger partial charge on any atom is 0.227 e. The Kier molecular flexibility index (Phi) is 4.03. The zero-order chi connectivity index (χ0) is 14.7. The van der Waals surface area contributed by atoms with Gasteiger partial charge in [0.2, 0.25) is 5.95 Å². The Morgan fingerprint density at radius 1 is 1.24 bits per heavy atom. The lowest BCUT2D eigenvalue weighted by atomic mass is 10.2. The average molecular weight is 286 g/mol. The van der Waals surface area contributed by atoms with Crippen molar-refractivity contribution in [3.63, 3.8) is 0 Å². The summed E-state index contributed by atoms with van der Waals surface area (Å²) in [4.78, 5) is 11.7. The molecule has 2 aromatic heterocycles. The van der Waals surface area contributed by atoms with Gasteiger partial charge in [-0.05, 0) is 19.3 Å². The van der Waals surface area contributed by atoms with Gasteiger partial charge in [-0.15, -0.1) is 0 Å². The first-order chi connectivity index (χ1) is 10.3. The molecule has 0 saturated carbocycles. The molecule has 0 atom stereocenters. The van der Waals surface area contributed by atoms with E-state index in [1.807, 2.05) is 25.5 Å². The Morgan fingerprint density at radius 3 is 2.71 bits per heavy atom. The highest BCUT2D eigenvalue weighted by Gasteiger charge is 2.17. The number of aromatic nitrogens is 4. The second-order valence-corrected chi connectivity index (χ2v) is 5.46. The summed E-state index contributed by atoms with van der Waals surface area (Å²) in [5, 5.41) is 7.60. The van der Waals surface area contributed by atoms with Crippen LogP contribution in [0.15, 0.2) is 18.5 Å². The lowest BCUT2D eigenvalue weighted by Gasteiger charge is -2.17. The molecule has 0 aromatic carbocycles. The van der Waals surface area contributed by atoms with E-state index in [-0.39, 0.29) is 0 Å². The molecular weight excluding hydrogens is 264 g/mol. The molecule has 21 heavy (non-hydrogen) atoms. The Bertz CT molecular complexity index is 600. The topological polar surface area (TPSA) is 58.9 Å². The Morgan fingerprint density at radius 2 is 2.05 bits per heavy atom. The summed E-state index contributed by atoms with van der Waals surface area (Å²) in [5.41, 5.74) is 1.96. The fourth-order valence-corrected chi connectivity index (χ4v) is 2.54. The van der Waals surface area contributed by atoms with Crippen LogP contribution in [0.3, 0.4) is 0 Å². The minimum atomic E-state index is 0.826. The highest BCUT2D eigenvalue weighted by Crippen LogP contribution is 2.24. The summed E-state index contributed by atoms with van der Waals surface area (Å²) in [5.74, 6) is 1.72. The van der Waals surface area contributed by atoms with Crippen LogP contribution in [-0.2, 0) is 7.05 Å². The van der Waals surface area contributed by atoms with Gasteiger partial charge in [-0.2, -0.15) is 10.1 Å². The molecule has 112 valence electrons. The summed E-state index contributed by atoms with van der Waals surface area (Å²) in [6, 6.07) is 2.01. The van der Waals surface area contributed by atoms with E-state index in [0.29, 0.717) is 0 Å². The fraction of sp³-hybridized carbons (Fsp3) is 0.533. The van der Waals surface area contributed by atoms with Gasteiger partial charge >= 0.3 is 0 Å². The minimum Gasteiger partial charge on any atom is -0.370 e. The molecule has 0 unspecified atom stereocenters. The highest BCUT2D eigenvalue weighted by atomic mass is 15.3. The van der Waals surface area contributed by atoms with Crippen LogP contribution in [0.1, 0.15) is 26.2 Å². The van der Waals surface area contributed by atoms with E-state index in [9.17, 15) is 0 Å². The van der Waals surface area contributed by atoms with Crippen LogP contribution in [0, 0.1) is 0 Å². The van der Waals surface area contributed by atoms with E-state index in [1.165, 1.54) is 12.8 Å². The first-order valence-electron chi connectivity index (χ1n) is 7.63. The minimum absolute atomic E-state index is 0.826. The van der Waals surface area contributed by atoms with E-state index < -0.39 is 0 Å². The number of nitrogens with one attached hydrogen (secondary N) is 1. The van der Waals surface area contributed by atoms with Crippen molar-refractivity contribution in [3.05, 3.63) is 18.5 Å². The molecule has 1 fully saturated rings. The Balaban J connectivity index is 1.95. The third-order valence-electron chi connectivity index (χ3n) is 3.66. The van der Waals surface area contributed by atoms with Crippen LogP contribution < -0.4 is 10.2 Å². The number of rotatable bonds is 5. The van der Waals surface area contributed by atoms with Crippen LogP contribution >= 0.6 is 0 Å². The number of hydrogen-bond donors (Lipinski definition) is 1. The molecule has 1 aliphatic heterocycles. The van der Waals surface area contributed by atoms with Crippen molar-refractivity contribution < 1.29 is 0 Å². The molecule has 0 radical (unpaired) electrons. The number of aryl methyl sites for hydroxylation is 1. The fourth-order valence-electron chi connectivity index (χ4n) is 2.54. The standard InChI is InChI=1S/C15H22N6/c1-3-6-16-14-9-13(12-10-17-20(2)11-12)18-15(19-14)21-7-4-5-8-21/h9-11H,3-8H2,1-2H3,(H,16,18,19). The highest BCUT2D eigenvalue weighted by molar-refractivity contribution is 5.63. The van der Waals surface area contributed by atoms with Crippen molar-refractivity contribution in [1.82, 2.24) is 19.7 Å². The predicted octanol–water partition coefficient (Wildman–Crippen LogP) is 2.30. The smallest absolute Gasteiger partial charge is 0.227 e. The van der Waals surface area contributed by atoms with Gasteiger partial charge in [0.1, 0.15) is 5.82 Å². The van der Waals surface area contributed by atoms with Gasteiger partial charge < -0.3 is 10.2 Å². The van der Waals surface area contributed by atoms with Crippen molar-refractivity contribution in [2.45, 2.75) is 26.2 Å². The molecule has 0 spiro atoms. The molecule has 2 aromatic rings. The van der Waals surface area contributed by atoms with Gasteiger partial charge in [-0.25, -0.2) is 4.98 Å². The van der Waals surface area contributed by atoms with E-state index >= 15 is 0 Å². The molecule has 1 aliphatic rings. The van der Waals surface area contributed by atoms with Gasteiger partial charge in [0.05, 0.1) is 11.9 Å². The summed E-state index contributed by atoms with van der Waals surface area (Å²) in [6.07, 6.45) is 7.35. The maximum absolute atomic E-state index is 4.73. The predicted molar refractivity (Wildman–Crippen MR) is 84.5 cm³/mol. The van der Waals surface area contributed by atoms with Crippen LogP contribution in [0.25, 0.3) is 11.3 Å². The zero-order valence-corrected chi connectivity index (χ0v) is 12.7. The lowest BCUT2D eigenvalue weighted by Crippen LogP contribution is -2.21. The molecule has 6 heteroatoms. The average Bonchev–Trinajstić information content (AvgIpc) is 3.16. The lowest BCUT2D eigenvalue weighted by molar-refractivity contribution is 0.768. The first-order valence-corrected chi connectivity index (χ1v) is 7.63. The SMILES string of the molecule is CCCNc1cc(-c2cnn(C)c2)nc(N2CCCC2)n1. The van der Waals surface area contributed by atoms with E-state index in [1.54, 1.807) is 4.68 Å². The van der Waals surface area contributed by atoms with Crippen LogP contribution in [0.5, 0.6) is 0 Å². The summed E-state index contributed by atoms with van der Waals surface area (Å²) >= 11 is 0. The molecule has 0 amide bonds. The number of nitrogens with zero attached hydrogens (tertiary/aromatic N) is 5. The number of hydrogen-bond acceptors (Lipinski definition) is 5. The normalized spacial score (nSPS) is 14.7. The summed E-state index contributed by atoms with van der Waals surface area (Å²) in [7, 11) is 1.92. The quantitative estimate of drug-likeness (QED) is 0.914. The second kappa shape index (κ2) is 6.11. The molecule has 1 saturated heterocycles. The Labute approximate surface area is 125 Å².